The van der Waals surface area contributed by atoms with E-state index in [1.165, 1.54) is 18.5 Å². The van der Waals surface area contributed by atoms with Crippen LogP contribution in [-0.4, -0.2) is 16.1 Å². The summed E-state index contributed by atoms with van der Waals surface area (Å²) in [6, 6.07) is 2.38. The van der Waals surface area contributed by atoms with Crippen LogP contribution in [0.3, 0.4) is 0 Å². The molecular weight excluding hydrogens is 212 g/mol. The third-order valence-electron chi connectivity index (χ3n) is 3.68. The van der Waals surface area contributed by atoms with Crippen LogP contribution in [-0.2, 0) is 13.0 Å². The van der Waals surface area contributed by atoms with E-state index in [1.807, 2.05) is 12.5 Å². The summed E-state index contributed by atoms with van der Waals surface area (Å²) < 4.78 is 2.23. The van der Waals surface area contributed by atoms with Crippen LogP contribution in [0, 0.1) is 23.2 Å². The van der Waals surface area contributed by atoms with Gasteiger partial charge in [0.2, 0.25) is 0 Å². The lowest BCUT2D eigenvalue weighted by Gasteiger charge is -2.25. The van der Waals surface area contributed by atoms with Crippen molar-refractivity contribution in [3.63, 3.8) is 0 Å². The lowest BCUT2D eigenvalue weighted by atomic mass is 9.82. The van der Waals surface area contributed by atoms with E-state index in [1.54, 1.807) is 0 Å². The summed E-state index contributed by atoms with van der Waals surface area (Å²) in [6.45, 7) is 1.71. The quantitative estimate of drug-likeness (QED) is 0.859. The molecule has 1 aromatic heterocycles. The van der Waals surface area contributed by atoms with Crippen LogP contribution in [0.2, 0.25) is 0 Å². The minimum absolute atomic E-state index is 0.289. The monoisotopic (exact) mass is 232 g/mol. The maximum Gasteiger partial charge on any atom is 0.0948 e. The van der Waals surface area contributed by atoms with Gasteiger partial charge in [0.15, 0.2) is 0 Å². The molecule has 92 valence electrons. The Morgan fingerprint density at radius 1 is 1.41 bits per heavy atom. The van der Waals surface area contributed by atoms with Crippen molar-refractivity contribution in [1.29, 1.82) is 5.26 Å². The van der Waals surface area contributed by atoms with Gasteiger partial charge in [0, 0.05) is 30.8 Å². The number of hydrogen-bond acceptors (Lipinski definition) is 3. The summed E-state index contributed by atoms with van der Waals surface area (Å²) in [5.74, 6) is 0.989. The van der Waals surface area contributed by atoms with E-state index in [0.717, 1.165) is 25.8 Å². The fourth-order valence-corrected chi connectivity index (χ4v) is 2.62. The molecule has 4 heteroatoms. The zero-order valence-electron chi connectivity index (χ0n) is 10.2. The van der Waals surface area contributed by atoms with Crippen molar-refractivity contribution in [2.75, 3.05) is 6.54 Å². The molecule has 0 bridgehead atoms. The smallest absolute Gasteiger partial charge is 0.0948 e. The Balaban J connectivity index is 1.89. The second-order valence-corrected chi connectivity index (χ2v) is 4.92. The number of nitrogens with zero attached hydrogens (tertiary/aromatic N) is 3. The Morgan fingerprint density at radius 2 is 2.18 bits per heavy atom. The number of nitriles is 1. The second kappa shape index (κ2) is 5.83. The fourth-order valence-electron chi connectivity index (χ4n) is 2.62. The van der Waals surface area contributed by atoms with E-state index in [9.17, 15) is 0 Å². The first kappa shape index (κ1) is 12.1. The molecule has 0 spiro atoms. The molecule has 1 fully saturated rings. The van der Waals surface area contributed by atoms with E-state index < -0.39 is 0 Å². The predicted octanol–water partition coefficient (Wildman–Crippen LogP) is 1.71. The van der Waals surface area contributed by atoms with Crippen LogP contribution in [0.25, 0.3) is 0 Å². The van der Waals surface area contributed by atoms with Crippen molar-refractivity contribution in [3.8, 4) is 6.07 Å². The van der Waals surface area contributed by atoms with Crippen LogP contribution in [0.15, 0.2) is 12.5 Å². The molecule has 0 radical (unpaired) electrons. The van der Waals surface area contributed by atoms with E-state index in [-0.39, 0.29) is 5.92 Å². The van der Waals surface area contributed by atoms with Crippen LogP contribution < -0.4 is 5.73 Å². The summed E-state index contributed by atoms with van der Waals surface area (Å²) >= 11 is 0. The van der Waals surface area contributed by atoms with E-state index in [0.29, 0.717) is 12.5 Å². The maximum atomic E-state index is 8.87. The molecule has 1 heterocycles. The number of hydrogen-bond donors (Lipinski definition) is 1. The molecule has 4 nitrogen and oxygen atoms in total. The Labute approximate surface area is 102 Å². The SMILES string of the molecule is N#CC1CCC(Cn2cncc2CCN)CC1. The number of rotatable bonds is 4. The van der Waals surface area contributed by atoms with E-state index in [2.05, 4.69) is 15.6 Å². The van der Waals surface area contributed by atoms with Crippen LogP contribution in [0.4, 0.5) is 0 Å². The Hall–Kier alpha value is -1.34. The molecule has 17 heavy (non-hydrogen) atoms. The fraction of sp³-hybridized carbons (Fsp3) is 0.692. The minimum Gasteiger partial charge on any atom is -0.334 e. The molecule has 0 saturated heterocycles. The summed E-state index contributed by atoms with van der Waals surface area (Å²) in [5, 5.41) is 8.87. The first-order chi connectivity index (χ1) is 8.33. The summed E-state index contributed by atoms with van der Waals surface area (Å²) in [7, 11) is 0. The molecule has 1 aromatic rings. The van der Waals surface area contributed by atoms with Crippen molar-refractivity contribution in [1.82, 2.24) is 9.55 Å². The second-order valence-electron chi connectivity index (χ2n) is 4.92. The third kappa shape index (κ3) is 3.07. The van der Waals surface area contributed by atoms with Gasteiger partial charge in [-0.3, -0.25) is 0 Å². The molecular formula is C13H20N4. The maximum absolute atomic E-state index is 8.87. The predicted molar refractivity (Wildman–Crippen MR) is 66.0 cm³/mol. The Bertz CT molecular complexity index is 382. The molecule has 0 amide bonds. The highest BCUT2D eigenvalue weighted by Gasteiger charge is 2.21. The van der Waals surface area contributed by atoms with Gasteiger partial charge < -0.3 is 10.3 Å². The largest absolute Gasteiger partial charge is 0.334 e. The summed E-state index contributed by atoms with van der Waals surface area (Å²) in [6.07, 6.45) is 9.16. The number of nitrogens with two attached hydrogens (primary N) is 1. The molecule has 0 aliphatic heterocycles. The molecule has 0 unspecified atom stereocenters. The summed E-state index contributed by atoms with van der Waals surface area (Å²) in [5.41, 5.74) is 6.81. The van der Waals surface area contributed by atoms with E-state index >= 15 is 0 Å². The van der Waals surface area contributed by atoms with Crippen molar-refractivity contribution < 1.29 is 0 Å². The first-order valence-corrected chi connectivity index (χ1v) is 6.42. The molecule has 0 aromatic carbocycles. The first-order valence-electron chi connectivity index (χ1n) is 6.42. The molecule has 2 rings (SSSR count). The molecule has 1 saturated carbocycles. The average molecular weight is 232 g/mol. The lowest BCUT2D eigenvalue weighted by Crippen LogP contribution is -2.19. The average Bonchev–Trinajstić information content (AvgIpc) is 2.78. The van der Waals surface area contributed by atoms with Gasteiger partial charge in [0.25, 0.3) is 0 Å². The highest BCUT2D eigenvalue weighted by Crippen LogP contribution is 2.29. The van der Waals surface area contributed by atoms with Crippen molar-refractivity contribution in [2.45, 2.75) is 38.6 Å². The number of aromatic nitrogens is 2. The topological polar surface area (TPSA) is 67.6 Å². The molecule has 1 aliphatic carbocycles. The summed E-state index contributed by atoms with van der Waals surface area (Å²) in [4.78, 5) is 4.19. The van der Waals surface area contributed by atoms with Crippen molar-refractivity contribution in [3.05, 3.63) is 18.2 Å². The van der Waals surface area contributed by atoms with E-state index in [4.69, 9.17) is 11.0 Å². The van der Waals surface area contributed by atoms with Gasteiger partial charge in [-0.05, 0) is 38.1 Å². The zero-order chi connectivity index (χ0) is 12.1. The van der Waals surface area contributed by atoms with Crippen LogP contribution in [0.1, 0.15) is 31.4 Å². The minimum atomic E-state index is 0.289. The Kier molecular flexibility index (Phi) is 4.16. The normalized spacial score (nSPS) is 24.5. The highest BCUT2D eigenvalue weighted by atomic mass is 15.0. The van der Waals surface area contributed by atoms with Gasteiger partial charge in [0.05, 0.1) is 12.4 Å². The highest BCUT2D eigenvalue weighted by molar-refractivity contribution is 4.99. The van der Waals surface area contributed by atoms with Gasteiger partial charge in [-0.1, -0.05) is 0 Å². The van der Waals surface area contributed by atoms with Gasteiger partial charge in [-0.2, -0.15) is 5.26 Å². The third-order valence-corrected chi connectivity index (χ3v) is 3.68. The van der Waals surface area contributed by atoms with Gasteiger partial charge in [-0.15, -0.1) is 0 Å². The Morgan fingerprint density at radius 3 is 2.82 bits per heavy atom. The number of imidazole rings is 1. The van der Waals surface area contributed by atoms with Crippen LogP contribution >= 0.6 is 0 Å². The zero-order valence-corrected chi connectivity index (χ0v) is 10.2. The van der Waals surface area contributed by atoms with Crippen LogP contribution in [0.5, 0.6) is 0 Å². The van der Waals surface area contributed by atoms with Crippen molar-refractivity contribution in [2.24, 2.45) is 17.6 Å². The van der Waals surface area contributed by atoms with Crippen molar-refractivity contribution >= 4 is 0 Å². The molecule has 1 aliphatic rings. The lowest BCUT2D eigenvalue weighted by molar-refractivity contribution is 0.283. The standard InChI is InChI=1S/C13H20N4/c14-6-5-13-8-16-10-17(13)9-12-3-1-11(7-15)2-4-12/h8,10-12H,1-6,9,14H2. The van der Waals surface area contributed by atoms with Gasteiger partial charge in [0.1, 0.15) is 0 Å². The molecule has 2 N–H and O–H groups in total. The van der Waals surface area contributed by atoms with Gasteiger partial charge >= 0.3 is 0 Å². The molecule has 0 atom stereocenters. The van der Waals surface area contributed by atoms with Gasteiger partial charge in [-0.25, -0.2) is 4.98 Å².